The summed E-state index contributed by atoms with van der Waals surface area (Å²) in [6.45, 7) is 2.44. The van der Waals surface area contributed by atoms with Gasteiger partial charge >= 0.3 is 5.97 Å². The number of carbonyl (C=O) groups is 1. The predicted molar refractivity (Wildman–Crippen MR) is 103 cm³/mol. The zero-order valence-electron chi connectivity index (χ0n) is 15.8. The van der Waals surface area contributed by atoms with Crippen LogP contribution < -0.4 is 11.5 Å². The van der Waals surface area contributed by atoms with Crippen molar-refractivity contribution in [1.29, 1.82) is 0 Å². The van der Waals surface area contributed by atoms with E-state index in [9.17, 15) is 4.79 Å². The number of nitrogens with two attached hydrogens (primary N) is 2. The molecule has 24 heavy (non-hydrogen) atoms. The van der Waals surface area contributed by atoms with Crippen molar-refractivity contribution >= 4 is 5.97 Å². The van der Waals surface area contributed by atoms with E-state index in [1.807, 2.05) is 0 Å². The number of hydrogen-bond acceptors (Lipinski definition) is 4. The summed E-state index contributed by atoms with van der Waals surface area (Å²) in [5.41, 5.74) is 10.8. The maximum Gasteiger partial charge on any atom is 0.307 e. The second-order valence-electron chi connectivity index (χ2n) is 6.60. The second kappa shape index (κ2) is 18.5. The number of rotatable bonds is 17. The summed E-state index contributed by atoms with van der Waals surface area (Å²) in [6, 6.07) is 0. The minimum absolute atomic E-state index is 0.179. The van der Waals surface area contributed by atoms with Crippen LogP contribution in [0.2, 0.25) is 0 Å². The van der Waals surface area contributed by atoms with Crippen molar-refractivity contribution in [3.63, 3.8) is 0 Å². The molecule has 0 aromatic carbocycles. The third-order valence-corrected chi connectivity index (χ3v) is 4.16. The summed E-state index contributed by atoms with van der Waals surface area (Å²) in [5, 5.41) is 0. The molecule has 4 N–H and O–H groups in total. The molecule has 1 atom stereocenters. The lowest BCUT2D eigenvalue weighted by molar-refractivity contribution is -0.148. The average molecular weight is 341 g/mol. The zero-order valence-corrected chi connectivity index (χ0v) is 15.8. The van der Waals surface area contributed by atoms with Crippen LogP contribution in [0, 0.1) is 0 Å². The normalized spacial score (nSPS) is 12.6. The zero-order chi connectivity index (χ0) is 17.9. The monoisotopic (exact) mass is 340 g/mol. The summed E-state index contributed by atoms with van der Waals surface area (Å²) in [7, 11) is 0. The SMILES string of the molecule is CCCCCCCC/C=C\CCCCCCCC(=O)OC(N)CN. The summed E-state index contributed by atoms with van der Waals surface area (Å²) < 4.78 is 4.92. The van der Waals surface area contributed by atoms with E-state index in [0.717, 1.165) is 12.8 Å². The highest BCUT2D eigenvalue weighted by atomic mass is 16.6. The molecular formula is C20H40N2O2. The third-order valence-electron chi connectivity index (χ3n) is 4.16. The Morgan fingerprint density at radius 3 is 1.92 bits per heavy atom. The molecule has 4 nitrogen and oxygen atoms in total. The Balaban J connectivity index is 3.22. The van der Waals surface area contributed by atoms with Gasteiger partial charge in [0.15, 0.2) is 6.23 Å². The van der Waals surface area contributed by atoms with Gasteiger partial charge in [-0.25, -0.2) is 0 Å². The van der Waals surface area contributed by atoms with Gasteiger partial charge in [0.25, 0.3) is 0 Å². The molecule has 0 aliphatic heterocycles. The molecule has 0 saturated carbocycles. The molecule has 0 aromatic rings. The van der Waals surface area contributed by atoms with Crippen molar-refractivity contribution in [2.24, 2.45) is 11.5 Å². The quantitative estimate of drug-likeness (QED) is 0.172. The van der Waals surface area contributed by atoms with Crippen molar-refractivity contribution in [1.82, 2.24) is 0 Å². The number of carbonyl (C=O) groups excluding carboxylic acids is 1. The molecule has 4 heteroatoms. The molecule has 142 valence electrons. The predicted octanol–water partition coefficient (Wildman–Crippen LogP) is 4.81. The molecule has 0 aromatic heterocycles. The molecule has 0 amide bonds. The van der Waals surface area contributed by atoms with Gasteiger partial charge in [0.05, 0.1) is 0 Å². The molecule has 0 bridgehead atoms. The van der Waals surface area contributed by atoms with Crippen LogP contribution >= 0.6 is 0 Å². The lowest BCUT2D eigenvalue weighted by atomic mass is 10.1. The molecule has 0 aliphatic carbocycles. The Labute approximate surface area is 149 Å². The van der Waals surface area contributed by atoms with E-state index in [1.54, 1.807) is 0 Å². The highest BCUT2D eigenvalue weighted by molar-refractivity contribution is 5.69. The molecule has 0 radical (unpaired) electrons. The van der Waals surface area contributed by atoms with Crippen LogP contribution in [0.4, 0.5) is 0 Å². The van der Waals surface area contributed by atoms with Crippen LogP contribution in [-0.2, 0) is 9.53 Å². The van der Waals surface area contributed by atoms with E-state index in [-0.39, 0.29) is 12.5 Å². The van der Waals surface area contributed by atoms with Gasteiger partial charge in [-0.2, -0.15) is 0 Å². The summed E-state index contributed by atoms with van der Waals surface area (Å²) in [5.74, 6) is -0.231. The van der Waals surface area contributed by atoms with Gasteiger partial charge in [-0.3, -0.25) is 10.5 Å². The van der Waals surface area contributed by atoms with E-state index in [4.69, 9.17) is 16.2 Å². The molecule has 0 fully saturated rings. The van der Waals surface area contributed by atoms with Crippen LogP contribution in [0.5, 0.6) is 0 Å². The fraction of sp³-hybridized carbons (Fsp3) is 0.850. The molecule has 0 rings (SSSR count). The summed E-state index contributed by atoms with van der Waals surface area (Å²) in [4.78, 5) is 11.4. The lowest BCUT2D eigenvalue weighted by Crippen LogP contribution is -2.34. The first kappa shape index (κ1) is 23.1. The average Bonchev–Trinajstić information content (AvgIpc) is 2.58. The fourth-order valence-electron chi connectivity index (χ4n) is 2.62. The van der Waals surface area contributed by atoms with E-state index in [2.05, 4.69) is 19.1 Å². The van der Waals surface area contributed by atoms with Crippen molar-refractivity contribution in [2.45, 2.75) is 103 Å². The first-order valence-corrected chi connectivity index (χ1v) is 10.0. The largest absolute Gasteiger partial charge is 0.445 e. The number of allylic oxidation sites excluding steroid dienone is 2. The minimum Gasteiger partial charge on any atom is -0.445 e. The van der Waals surface area contributed by atoms with Gasteiger partial charge in [-0.1, -0.05) is 70.4 Å². The van der Waals surface area contributed by atoms with E-state index in [0.29, 0.717) is 6.42 Å². The topological polar surface area (TPSA) is 78.3 Å². The molecule has 1 unspecified atom stereocenters. The van der Waals surface area contributed by atoms with Gasteiger partial charge in [0.2, 0.25) is 0 Å². The van der Waals surface area contributed by atoms with Crippen LogP contribution in [0.25, 0.3) is 0 Å². The first-order valence-electron chi connectivity index (χ1n) is 10.0. The van der Waals surface area contributed by atoms with Gasteiger partial charge in [0.1, 0.15) is 0 Å². The van der Waals surface area contributed by atoms with Crippen LogP contribution in [0.1, 0.15) is 96.8 Å². The number of ether oxygens (including phenoxy) is 1. The van der Waals surface area contributed by atoms with E-state index < -0.39 is 6.23 Å². The molecule has 0 saturated heterocycles. The minimum atomic E-state index is -0.652. The molecule has 0 aliphatic rings. The lowest BCUT2D eigenvalue weighted by Gasteiger charge is -2.10. The Morgan fingerprint density at radius 1 is 0.875 bits per heavy atom. The Kier molecular flexibility index (Phi) is 17.8. The Morgan fingerprint density at radius 2 is 1.38 bits per heavy atom. The maximum atomic E-state index is 11.4. The Bertz CT molecular complexity index is 306. The smallest absolute Gasteiger partial charge is 0.307 e. The molecule has 0 heterocycles. The summed E-state index contributed by atoms with van der Waals surface area (Å²) >= 11 is 0. The van der Waals surface area contributed by atoms with Gasteiger partial charge < -0.3 is 10.5 Å². The highest BCUT2D eigenvalue weighted by Crippen LogP contribution is 2.10. The van der Waals surface area contributed by atoms with Crippen molar-refractivity contribution in [3.8, 4) is 0 Å². The van der Waals surface area contributed by atoms with Crippen molar-refractivity contribution < 1.29 is 9.53 Å². The highest BCUT2D eigenvalue weighted by Gasteiger charge is 2.07. The van der Waals surface area contributed by atoms with E-state index >= 15 is 0 Å². The first-order chi connectivity index (χ1) is 11.7. The van der Waals surface area contributed by atoms with Crippen LogP contribution in [0.15, 0.2) is 12.2 Å². The molecular weight excluding hydrogens is 300 g/mol. The maximum absolute atomic E-state index is 11.4. The van der Waals surface area contributed by atoms with Gasteiger partial charge in [-0.15, -0.1) is 0 Å². The summed E-state index contributed by atoms with van der Waals surface area (Å²) in [6.07, 6.45) is 20.7. The van der Waals surface area contributed by atoms with Gasteiger partial charge in [0, 0.05) is 13.0 Å². The van der Waals surface area contributed by atoms with Crippen LogP contribution in [0.3, 0.4) is 0 Å². The Hall–Kier alpha value is -0.870. The van der Waals surface area contributed by atoms with E-state index in [1.165, 1.54) is 70.6 Å². The second-order valence-corrected chi connectivity index (χ2v) is 6.60. The van der Waals surface area contributed by atoms with Crippen molar-refractivity contribution in [2.75, 3.05) is 6.54 Å². The van der Waals surface area contributed by atoms with Gasteiger partial charge in [-0.05, 0) is 32.1 Å². The van der Waals surface area contributed by atoms with Crippen molar-refractivity contribution in [3.05, 3.63) is 12.2 Å². The third kappa shape index (κ3) is 17.5. The standard InChI is InChI=1S/C20H40N2O2/c1-2-3-4-5-6-7-8-9-10-11-12-13-14-15-16-17-20(23)24-19(22)18-21/h9-10,19H,2-8,11-18,21-22H2,1H3/b10-9-. The molecule has 0 spiro atoms. The van der Waals surface area contributed by atoms with Crippen LogP contribution in [-0.4, -0.2) is 18.7 Å². The number of hydrogen-bond donors (Lipinski definition) is 2. The number of unbranched alkanes of at least 4 members (excludes halogenated alkanes) is 11. The fourth-order valence-corrected chi connectivity index (χ4v) is 2.62. The number of esters is 1.